The van der Waals surface area contributed by atoms with Gasteiger partial charge in [-0.25, -0.2) is 9.18 Å². The SMILES string of the molecule is CC(C)c1ccc(C(Cc2ccccc2)(NC(=O)NC2CCCC2)c2cc(F)cc(C(F)(F)F)c2)cc1. The Kier molecular flexibility index (Phi) is 7.90. The van der Waals surface area contributed by atoms with Crippen molar-refractivity contribution in [3.63, 3.8) is 0 Å². The van der Waals surface area contributed by atoms with Crippen LogP contribution in [0.1, 0.15) is 73.3 Å². The molecule has 0 heterocycles. The smallest absolute Gasteiger partial charge is 0.335 e. The Balaban J connectivity index is 1.90. The highest BCUT2D eigenvalue weighted by Gasteiger charge is 2.40. The number of carbonyl (C=O) groups excluding carboxylic acids is 1. The molecule has 1 fully saturated rings. The third-order valence-corrected chi connectivity index (χ3v) is 7.12. The van der Waals surface area contributed by atoms with Crippen LogP contribution in [0.25, 0.3) is 0 Å². The Morgan fingerprint density at radius 2 is 1.51 bits per heavy atom. The number of carbonyl (C=O) groups is 1. The maximum atomic E-state index is 14.7. The van der Waals surface area contributed by atoms with Gasteiger partial charge in [0.2, 0.25) is 0 Å². The van der Waals surface area contributed by atoms with Crippen LogP contribution in [0.3, 0.4) is 0 Å². The van der Waals surface area contributed by atoms with Crippen LogP contribution in [0, 0.1) is 5.82 Å². The van der Waals surface area contributed by atoms with Gasteiger partial charge in [0.15, 0.2) is 0 Å². The molecule has 0 spiro atoms. The number of rotatable bonds is 7. The third-order valence-electron chi connectivity index (χ3n) is 7.12. The summed E-state index contributed by atoms with van der Waals surface area (Å²) in [4.78, 5) is 13.4. The molecule has 1 aliphatic carbocycles. The molecule has 4 rings (SSSR count). The van der Waals surface area contributed by atoms with Crippen molar-refractivity contribution in [2.75, 3.05) is 0 Å². The van der Waals surface area contributed by atoms with E-state index in [1.807, 2.05) is 68.4 Å². The normalized spacial score (nSPS) is 16.0. The number of hydrogen-bond donors (Lipinski definition) is 2. The molecule has 3 aromatic carbocycles. The second-order valence-corrected chi connectivity index (χ2v) is 10.2. The van der Waals surface area contributed by atoms with Crippen LogP contribution < -0.4 is 10.6 Å². The largest absolute Gasteiger partial charge is 0.416 e. The molecule has 7 heteroatoms. The molecule has 2 amide bonds. The summed E-state index contributed by atoms with van der Waals surface area (Å²) in [6.07, 6.45) is -0.900. The first-order valence-corrected chi connectivity index (χ1v) is 12.7. The second kappa shape index (κ2) is 11.0. The van der Waals surface area contributed by atoms with Crippen LogP contribution in [0.4, 0.5) is 22.4 Å². The van der Waals surface area contributed by atoms with Crippen LogP contribution in [-0.2, 0) is 18.1 Å². The number of urea groups is 1. The molecule has 196 valence electrons. The Bertz CT molecular complexity index is 1200. The van der Waals surface area contributed by atoms with Crippen molar-refractivity contribution in [1.82, 2.24) is 10.6 Å². The van der Waals surface area contributed by atoms with E-state index < -0.39 is 29.1 Å². The van der Waals surface area contributed by atoms with Crippen LogP contribution in [0.15, 0.2) is 72.8 Å². The maximum absolute atomic E-state index is 14.7. The average Bonchev–Trinajstić information content (AvgIpc) is 3.36. The van der Waals surface area contributed by atoms with Gasteiger partial charge in [-0.2, -0.15) is 13.2 Å². The van der Waals surface area contributed by atoms with Gasteiger partial charge in [-0.1, -0.05) is 81.3 Å². The van der Waals surface area contributed by atoms with Crippen molar-refractivity contribution in [3.8, 4) is 0 Å². The summed E-state index contributed by atoms with van der Waals surface area (Å²) in [6, 6.07) is 18.6. The van der Waals surface area contributed by atoms with Crippen LogP contribution >= 0.6 is 0 Å². The summed E-state index contributed by atoms with van der Waals surface area (Å²) >= 11 is 0. The summed E-state index contributed by atoms with van der Waals surface area (Å²) in [7, 11) is 0. The lowest BCUT2D eigenvalue weighted by Crippen LogP contribution is -2.53. The Morgan fingerprint density at radius 3 is 2.11 bits per heavy atom. The first-order valence-electron chi connectivity index (χ1n) is 12.7. The van der Waals surface area contributed by atoms with E-state index in [0.29, 0.717) is 11.6 Å². The van der Waals surface area contributed by atoms with E-state index in [4.69, 9.17) is 0 Å². The number of amides is 2. The van der Waals surface area contributed by atoms with Gasteiger partial charge >= 0.3 is 12.2 Å². The van der Waals surface area contributed by atoms with E-state index in [9.17, 15) is 22.4 Å². The average molecular weight is 513 g/mol. The molecule has 1 aliphatic rings. The van der Waals surface area contributed by atoms with Crippen LogP contribution in [0.2, 0.25) is 0 Å². The quantitative estimate of drug-likeness (QED) is 0.313. The van der Waals surface area contributed by atoms with Crippen molar-refractivity contribution < 1.29 is 22.4 Å². The molecule has 2 N–H and O–H groups in total. The van der Waals surface area contributed by atoms with Gasteiger partial charge in [-0.15, -0.1) is 0 Å². The summed E-state index contributed by atoms with van der Waals surface area (Å²) in [6.45, 7) is 4.09. The van der Waals surface area contributed by atoms with Crippen molar-refractivity contribution >= 4 is 6.03 Å². The van der Waals surface area contributed by atoms with E-state index >= 15 is 0 Å². The zero-order valence-corrected chi connectivity index (χ0v) is 21.0. The van der Waals surface area contributed by atoms with Gasteiger partial charge in [-0.3, -0.25) is 0 Å². The first-order chi connectivity index (χ1) is 17.6. The number of alkyl halides is 3. The van der Waals surface area contributed by atoms with E-state index in [2.05, 4.69) is 10.6 Å². The summed E-state index contributed by atoms with van der Waals surface area (Å²) in [5.74, 6) is -0.777. The molecule has 1 saturated carbocycles. The summed E-state index contributed by atoms with van der Waals surface area (Å²) < 4.78 is 56.1. The lowest BCUT2D eigenvalue weighted by Gasteiger charge is -2.37. The molecule has 1 atom stereocenters. The van der Waals surface area contributed by atoms with Crippen molar-refractivity contribution in [2.45, 2.75) is 69.6 Å². The van der Waals surface area contributed by atoms with E-state index in [0.717, 1.165) is 48.9 Å². The van der Waals surface area contributed by atoms with E-state index in [1.165, 1.54) is 0 Å². The molecule has 0 radical (unpaired) electrons. The highest BCUT2D eigenvalue weighted by molar-refractivity contribution is 5.76. The molecule has 0 aromatic heterocycles. The fourth-order valence-corrected chi connectivity index (χ4v) is 5.10. The van der Waals surface area contributed by atoms with Gasteiger partial charge in [0.05, 0.1) is 11.1 Å². The topological polar surface area (TPSA) is 41.1 Å². The molecule has 3 nitrogen and oxygen atoms in total. The third kappa shape index (κ3) is 6.32. The monoisotopic (exact) mass is 512 g/mol. The highest BCUT2D eigenvalue weighted by atomic mass is 19.4. The Hall–Kier alpha value is -3.35. The van der Waals surface area contributed by atoms with Gasteiger partial charge in [0.1, 0.15) is 5.82 Å². The van der Waals surface area contributed by atoms with Crippen molar-refractivity contribution in [2.24, 2.45) is 0 Å². The maximum Gasteiger partial charge on any atom is 0.416 e. The molecule has 37 heavy (non-hydrogen) atoms. The molecule has 0 saturated heterocycles. The van der Waals surface area contributed by atoms with E-state index in [1.54, 1.807) is 0 Å². The van der Waals surface area contributed by atoms with Crippen LogP contribution in [-0.4, -0.2) is 12.1 Å². The van der Waals surface area contributed by atoms with Gasteiger partial charge in [-0.05, 0) is 59.2 Å². The molecule has 0 bridgehead atoms. The minimum atomic E-state index is -4.75. The second-order valence-electron chi connectivity index (χ2n) is 10.2. The first kappa shape index (κ1) is 26.7. The van der Waals surface area contributed by atoms with E-state index in [-0.39, 0.29) is 23.9 Å². The van der Waals surface area contributed by atoms with Gasteiger partial charge in [0.25, 0.3) is 0 Å². The Morgan fingerprint density at radius 1 is 0.892 bits per heavy atom. The highest BCUT2D eigenvalue weighted by Crippen LogP contribution is 2.38. The fraction of sp³-hybridized carbons (Fsp3) is 0.367. The number of hydrogen-bond acceptors (Lipinski definition) is 1. The summed E-state index contributed by atoms with van der Waals surface area (Å²) in [5, 5.41) is 5.99. The lowest BCUT2D eigenvalue weighted by molar-refractivity contribution is -0.137. The molecular weight excluding hydrogens is 480 g/mol. The summed E-state index contributed by atoms with van der Waals surface area (Å²) in [5.41, 5.74) is -0.125. The predicted molar refractivity (Wildman–Crippen MR) is 137 cm³/mol. The minimum Gasteiger partial charge on any atom is -0.335 e. The zero-order valence-electron chi connectivity index (χ0n) is 21.0. The molecule has 0 aliphatic heterocycles. The van der Waals surface area contributed by atoms with Crippen molar-refractivity contribution in [1.29, 1.82) is 0 Å². The minimum absolute atomic E-state index is 0.00371. The van der Waals surface area contributed by atoms with Gasteiger partial charge < -0.3 is 10.6 Å². The fourth-order valence-electron chi connectivity index (χ4n) is 5.10. The Labute approximate surface area is 215 Å². The van der Waals surface area contributed by atoms with Gasteiger partial charge in [0, 0.05) is 12.5 Å². The molecule has 3 aromatic rings. The molecular formula is C30H32F4N2O. The number of benzene rings is 3. The number of nitrogens with one attached hydrogen (secondary N) is 2. The molecule has 1 unspecified atom stereocenters. The zero-order chi connectivity index (χ0) is 26.6. The lowest BCUT2D eigenvalue weighted by atomic mass is 9.77. The number of halogens is 4. The standard InChI is InChI=1S/C30H32F4N2O/c1-20(2)22-12-14-23(15-13-22)29(19-21-8-4-3-5-9-21,36-28(37)35-27-10-6-7-11-27)24-16-25(30(32,33)34)18-26(31)17-24/h3-5,8-9,12-18,20,27H,6-7,10-11,19H2,1-2H3,(H2,35,36,37). The van der Waals surface area contributed by atoms with Crippen molar-refractivity contribution in [3.05, 3.63) is 106 Å². The van der Waals surface area contributed by atoms with Crippen LogP contribution in [0.5, 0.6) is 0 Å². The predicted octanol–water partition coefficient (Wildman–Crippen LogP) is 7.70.